The number of imidazole rings is 1. The minimum atomic E-state index is 0.524. The third-order valence-corrected chi connectivity index (χ3v) is 3.43. The van der Waals surface area contributed by atoms with Gasteiger partial charge in [-0.25, -0.2) is 4.98 Å². The SMILES string of the molecule is Nc1n[nH]c(C2CC2)c1-c1nc2ccccc2[nH]1. The van der Waals surface area contributed by atoms with Crippen LogP contribution in [-0.4, -0.2) is 20.2 Å². The maximum atomic E-state index is 5.96. The lowest BCUT2D eigenvalue weighted by Gasteiger charge is -1.98. The molecule has 2 heterocycles. The molecule has 0 amide bonds. The second-order valence-electron chi connectivity index (χ2n) is 4.77. The molecule has 0 spiro atoms. The molecule has 5 heteroatoms. The zero-order valence-corrected chi connectivity index (χ0v) is 9.77. The van der Waals surface area contributed by atoms with E-state index < -0.39 is 0 Å². The summed E-state index contributed by atoms with van der Waals surface area (Å²) in [5.41, 5.74) is 9.99. The van der Waals surface area contributed by atoms with E-state index in [2.05, 4.69) is 20.2 Å². The van der Waals surface area contributed by atoms with Crippen LogP contribution in [0.3, 0.4) is 0 Å². The average molecular weight is 239 g/mol. The number of anilines is 1. The summed E-state index contributed by atoms with van der Waals surface area (Å²) in [5.74, 6) is 1.90. The molecule has 4 N–H and O–H groups in total. The molecule has 0 atom stereocenters. The van der Waals surface area contributed by atoms with Gasteiger partial charge in [0.05, 0.1) is 22.3 Å². The van der Waals surface area contributed by atoms with Crippen molar-refractivity contribution >= 4 is 16.9 Å². The van der Waals surface area contributed by atoms with Gasteiger partial charge in [0.2, 0.25) is 0 Å². The summed E-state index contributed by atoms with van der Waals surface area (Å²) >= 11 is 0. The van der Waals surface area contributed by atoms with Crippen molar-refractivity contribution in [2.24, 2.45) is 0 Å². The number of rotatable bonds is 2. The van der Waals surface area contributed by atoms with E-state index >= 15 is 0 Å². The summed E-state index contributed by atoms with van der Waals surface area (Å²) in [5, 5.41) is 7.16. The Kier molecular flexibility index (Phi) is 1.81. The Morgan fingerprint density at radius 3 is 2.83 bits per heavy atom. The summed E-state index contributed by atoms with van der Waals surface area (Å²) in [7, 11) is 0. The van der Waals surface area contributed by atoms with Crippen molar-refractivity contribution in [3.63, 3.8) is 0 Å². The van der Waals surface area contributed by atoms with Gasteiger partial charge in [0.15, 0.2) is 5.82 Å². The molecular formula is C13H13N5. The van der Waals surface area contributed by atoms with Crippen LogP contribution in [-0.2, 0) is 0 Å². The molecule has 0 unspecified atom stereocenters. The Bertz CT molecular complexity index is 687. The second-order valence-corrected chi connectivity index (χ2v) is 4.77. The molecule has 1 aromatic carbocycles. The molecule has 1 saturated carbocycles. The summed E-state index contributed by atoms with van der Waals surface area (Å²) in [6.45, 7) is 0. The highest BCUT2D eigenvalue weighted by atomic mass is 15.2. The Hall–Kier alpha value is -2.30. The van der Waals surface area contributed by atoms with Crippen LogP contribution in [0.15, 0.2) is 24.3 Å². The molecule has 18 heavy (non-hydrogen) atoms. The van der Waals surface area contributed by atoms with Gasteiger partial charge in [-0.2, -0.15) is 5.10 Å². The standard InChI is InChI=1S/C13H13N5/c14-12-10(11(17-18-12)7-5-6-7)13-15-8-3-1-2-4-9(8)16-13/h1-4,7H,5-6H2,(H,15,16)(H3,14,17,18). The maximum Gasteiger partial charge on any atom is 0.156 e. The highest BCUT2D eigenvalue weighted by Crippen LogP contribution is 2.44. The van der Waals surface area contributed by atoms with Crippen molar-refractivity contribution in [3.05, 3.63) is 30.0 Å². The first-order valence-electron chi connectivity index (χ1n) is 6.12. The van der Waals surface area contributed by atoms with E-state index in [-0.39, 0.29) is 0 Å². The Morgan fingerprint density at radius 2 is 2.06 bits per heavy atom. The Morgan fingerprint density at radius 1 is 1.22 bits per heavy atom. The highest BCUT2D eigenvalue weighted by Gasteiger charge is 2.30. The summed E-state index contributed by atoms with van der Waals surface area (Å²) < 4.78 is 0. The van der Waals surface area contributed by atoms with Gasteiger partial charge in [-0.1, -0.05) is 12.1 Å². The van der Waals surface area contributed by atoms with Gasteiger partial charge in [-0.05, 0) is 25.0 Å². The second kappa shape index (κ2) is 3.35. The number of para-hydroxylation sites is 2. The van der Waals surface area contributed by atoms with E-state index in [1.807, 2.05) is 24.3 Å². The molecule has 90 valence electrons. The number of hydrogen-bond acceptors (Lipinski definition) is 3. The van der Waals surface area contributed by atoms with E-state index in [0.29, 0.717) is 11.7 Å². The fourth-order valence-electron chi connectivity index (χ4n) is 2.36. The summed E-state index contributed by atoms with van der Waals surface area (Å²) in [6, 6.07) is 7.97. The molecule has 0 bridgehead atoms. The number of nitrogens with one attached hydrogen (secondary N) is 2. The van der Waals surface area contributed by atoms with Crippen LogP contribution in [0.2, 0.25) is 0 Å². The molecular weight excluding hydrogens is 226 g/mol. The fourth-order valence-corrected chi connectivity index (χ4v) is 2.36. The number of aromatic amines is 2. The first-order chi connectivity index (χ1) is 8.83. The monoisotopic (exact) mass is 239 g/mol. The van der Waals surface area contributed by atoms with Crippen LogP contribution in [0.4, 0.5) is 5.82 Å². The highest BCUT2D eigenvalue weighted by molar-refractivity contribution is 5.82. The van der Waals surface area contributed by atoms with Gasteiger partial charge in [-0.3, -0.25) is 5.10 Å². The molecule has 1 aliphatic rings. The number of nitrogens with zero attached hydrogens (tertiary/aromatic N) is 2. The van der Waals surface area contributed by atoms with Crippen LogP contribution in [0, 0.1) is 0 Å². The first kappa shape index (κ1) is 9.70. The van der Waals surface area contributed by atoms with Crippen molar-refractivity contribution in [2.75, 3.05) is 5.73 Å². The zero-order chi connectivity index (χ0) is 12.1. The van der Waals surface area contributed by atoms with Crippen molar-refractivity contribution in [1.82, 2.24) is 20.2 Å². The van der Waals surface area contributed by atoms with Crippen LogP contribution >= 0.6 is 0 Å². The largest absolute Gasteiger partial charge is 0.382 e. The maximum absolute atomic E-state index is 5.96. The van der Waals surface area contributed by atoms with Crippen LogP contribution in [0.25, 0.3) is 22.4 Å². The third kappa shape index (κ3) is 1.33. The molecule has 0 radical (unpaired) electrons. The number of fused-ring (bicyclic) bond motifs is 1. The zero-order valence-electron chi connectivity index (χ0n) is 9.77. The van der Waals surface area contributed by atoms with Crippen molar-refractivity contribution in [2.45, 2.75) is 18.8 Å². The van der Waals surface area contributed by atoms with Crippen molar-refractivity contribution in [1.29, 1.82) is 0 Å². The molecule has 0 aliphatic heterocycles. The fraction of sp³-hybridized carbons (Fsp3) is 0.231. The van der Waals surface area contributed by atoms with Gasteiger partial charge in [0.25, 0.3) is 0 Å². The molecule has 2 aromatic heterocycles. The van der Waals surface area contributed by atoms with Gasteiger partial charge < -0.3 is 10.7 Å². The third-order valence-electron chi connectivity index (χ3n) is 3.43. The smallest absolute Gasteiger partial charge is 0.156 e. The van der Waals surface area contributed by atoms with E-state index in [1.165, 1.54) is 12.8 Å². The molecule has 1 aliphatic carbocycles. The summed E-state index contributed by atoms with van der Waals surface area (Å²) in [4.78, 5) is 7.90. The topological polar surface area (TPSA) is 83.4 Å². The minimum Gasteiger partial charge on any atom is -0.382 e. The first-order valence-corrected chi connectivity index (χ1v) is 6.12. The van der Waals surface area contributed by atoms with Crippen LogP contribution in [0.5, 0.6) is 0 Å². The van der Waals surface area contributed by atoms with Gasteiger partial charge in [-0.15, -0.1) is 0 Å². The number of H-pyrrole nitrogens is 2. The lowest BCUT2D eigenvalue weighted by atomic mass is 10.1. The number of nitrogens with two attached hydrogens (primary N) is 1. The van der Waals surface area contributed by atoms with Crippen molar-refractivity contribution < 1.29 is 0 Å². The van der Waals surface area contributed by atoms with Crippen LogP contribution < -0.4 is 5.73 Å². The predicted octanol–water partition coefficient (Wildman–Crippen LogP) is 2.41. The molecule has 0 saturated heterocycles. The molecule has 1 fully saturated rings. The van der Waals surface area contributed by atoms with Gasteiger partial charge in [0, 0.05) is 5.92 Å². The average Bonchev–Trinajstić information content (AvgIpc) is 3.01. The van der Waals surface area contributed by atoms with Gasteiger partial charge in [0.1, 0.15) is 5.82 Å². The lowest BCUT2D eigenvalue weighted by Crippen LogP contribution is -1.91. The quantitative estimate of drug-likeness (QED) is 0.642. The molecule has 5 nitrogen and oxygen atoms in total. The van der Waals surface area contributed by atoms with E-state index in [4.69, 9.17) is 5.73 Å². The number of benzene rings is 1. The molecule has 4 rings (SSSR count). The number of nitrogen functional groups attached to an aromatic ring is 1. The predicted molar refractivity (Wildman–Crippen MR) is 70.1 cm³/mol. The normalized spacial score (nSPS) is 15.3. The van der Waals surface area contributed by atoms with Crippen LogP contribution in [0.1, 0.15) is 24.5 Å². The Labute approximate surface area is 103 Å². The van der Waals surface area contributed by atoms with E-state index in [0.717, 1.165) is 28.1 Å². The number of hydrogen-bond donors (Lipinski definition) is 3. The van der Waals surface area contributed by atoms with Crippen molar-refractivity contribution in [3.8, 4) is 11.4 Å². The lowest BCUT2D eigenvalue weighted by molar-refractivity contribution is 0.967. The number of aromatic nitrogens is 4. The van der Waals surface area contributed by atoms with Gasteiger partial charge >= 0.3 is 0 Å². The van der Waals surface area contributed by atoms with E-state index in [9.17, 15) is 0 Å². The summed E-state index contributed by atoms with van der Waals surface area (Å²) in [6.07, 6.45) is 2.41. The Balaban J connectivity index is 1.93. The minimum absolute atomic E-state index is 0.524. The molecule has 3 aromatic rings. The van der Waals surface area contributed by atoms with E-state index in [1.54, 1.807) is 0 Å².